The predicted octanol–water partition coefficient (Wildman–Crippen LogP) is 0.993. The fourth-order valence-corrected chi connectivity index (χ4v) is 2.07. The molecule has 0 radical (unpaired) electrons. The average Bonchev–Trinajstić information content (AvgIpc) is 2.65. The molecule has 0 bridgehead atoms. The molecule has 0 unspecified atom stereocenters. The van der Waals surface area contributed by atoms with Crippen LogP contribution in [0.25, 0.3) is 0 Å². The number of aromatic nitrogens is 4. The average molecular weight is 240 g/mol. The summed E-state index contributed by atoms with van der Waals surface area (Å²) in [5.41, 5.74) is 0.260. The van der Waals surface area contributed by atoms with E-state index in [0.29, 0.717) is 10.1 Å². The Hall–Kier alpha value is -1.47. The van der Waals surface area contributed by atoms with Gasteiger partial charge in [0.05, 0.1) is 6.61 Å². The highest BCUT2D eigenvalue weighted by Crippen LogP contribution is 2.29. The number of benzene rings is 1. The van der Waals surface area contributed by atoms with Crippen LogP contribution in [0.4, 0.5) is 4.39 Å². The minimum Gasteiger partial charge on any atom is -0.392 e. The van der Waals surface area contributed by atoms with E-state index >= 15 is 0 Å². The van der Waals surface area contributed by atoms with Crippen LogP contribution in [-0.4, -0.2) is 25.3 Å². The molecule has 0 aliphatic heterocycles. The molecule has 1 aromatic carbocycles. The lowest BCUT2D eigenvalue weighted by Crippen LogP contribution is -1.96. The van der Waals surface area contributed by atoms with Gasteiger partial charge >= 0.3 is 0 Å². The van der Waals surface area contributed by atoms with E-state index in [1.54, 1.807) is 19.2 Å². The topological polar surface area (TPSA) is 63.8 Å². The summed E-state index contributed by atoms with van der Waals surface area (Å²) in [4.78, 5) is 0.611. The zero-order chi connectivity index (χ0) is 11.5. The standard InChI is InChI=1S/C9H9FN4OS/c1-14-9(11-12-13-14)16-8-4-2-3-7(10)6(8)5-15/h2-4,15H,5H2,1H3. The SMILES string of the molecule is Cn1nnnc1Sc1cccc(F)c1CO. The van der Waals surface area contributed by atoms with Crippen LogP contribution in [0.2, 0.25) is 0 Å². The number of halogens is 1. The molecule has 2 aromatic rings. The molecule has 0 saturated heterocycles. The molecule has 5 nitrogen and oxygen atoms in total. The minimum atomic E-state index is -0.428. The third-order valence-electron chi connectivity index (χ3n) is 2.02. The van der Waals surface area contributed by atoms with E-state index in [-0.39, 0.29) is 12.2 Å². The van der Waals surface area contributed by atoms with E-state index in [2.05, 4.69) is 15.5 Å². The first-order valence-corrected chi connectivity index (χ1v) is 5.32. The molecule has 1 aromatic heterocycles. The van der Waals surface area contributed by atoms with Crippen LogP contribution < -0.4 is 0 Å². The summed E-state index contributed by atoms with van der Waals surface area (Å²) in [5, 5.41) is 20.6. The first-order chi connectivity index (χ1) is 7.72. The Labute approximate surface area is 95.3 Å². The van der Waals surface area contributed by atoms with Gasteiger partial charge in [-0.1, -0.05) is 6.07 Å². The Kier molecular flexibility index (Phi) is 3.16. The summed E-state index contributed by atoms with van der Waals surface area (Å²) in [7, 11) is 1.69. The van der Waals surface area contributed by atoms with Gasteiger partial charge < -0.3 is 5.11 Å². The monoisotopic (exact) mass is 240 g/mol. The molecule has 0 atom stereocenters. The Balaban J connectivity index is 2.35. The summed E-state index contributed by atoms with van der Waals surface area (Å²) in [6.07, 6.45) is 0. The summed E-state index contributed by atoms with van der Waals surface area (Å²) in [5.74, 6) is -0.428. The third-order valence-corrected chi connectivity index (χ3v) is 3.15. The largest absolute Gasteiger partial charge is 0.392 e. The number of hydrogen-bond acceptors (Lipinski definition) is 5. The second-order valence-electron chi connectivity index (χ2n) is 3.06. The number of aliphatic hydroxyl groups is 1. The summed E-state index contributed by atoms with van der Waals surface area (Å²) < 4.78 is 14.8. The predicted molar refractivity (Wildman–Crippen MR) is 55.2 cm³/mol. The van der Waals surface area contributed by atoms with Crippen molar-refractivity contribution in [2.45, 2.75) is 16.7 Å². The van der Waals surface area contributed by atoms with Crippen molar-refractivity contribution in [1.82, 2.24) is 20.2 Å². The van der Waals surface area contributed by atoms with Gasteiger partial charge in [0.1, 0.15) is 5.82 Å². The quantitative estimate of drug-likeness (QED) is 0.866. The molecule has 0 fully saturated rings. The Morgan fingerprint density at radius 2 is 2.31 bits per heavy atom. The van der Waals surface area contributed by atoms with Crippen molar-refractivity contribution in [3.63, 3.8) is 0 Å². The van der Waals surface area contributed by atoms with Crippen LogP contribution in [0, 0.1) is 5.82 Å². The maximum Gasteiger partial charge on any atom is 0.213 e. The molecule has 0 saturated carbocycles. The van der Waals surface area contributed by atoms with Crippen LogP contribution >= 0.6 is 11.8 Å². The van der Waals surface area contributed by atoms with Crippen molar-refractivity contribution in [3.8, 4) is 0 Å². The van der Waals surface area contributed by atoms with Crippen molar-refractivity contribution >= 4 is 11.8 Å². The first-order valence-electron chi connectivity index (χ1n) is 4.51. The van der Waals surface area contributed by atoms with Crippen molar-refractivity contribution in [2.24, 2.45) is 7.05 Å². The minimum absolute atomic E-state index is 0.260. The first kappa shape index (κ1) is 11.0. The Bertz CT molecular complexity index is 502. The van der Waals surface area contributed by atoms with Gasteiger partial charge in [-0.25, -0.2) is 9.07 Å². The fraction of sp³-hybridized carbons (Fsp3) is 0.222. The van der Waals surface area contributed by atoms with Gasteiger partial charge in [-0.15, -0.1) is 5.10 Å². The molecule has 7 heteroatoms. The smallest absolute Gasteiger partial charge is 0.213 e. The second kappa shape index (κ2) is 4.58. The van der Waals surface area contributed by atoms with Gasteiger partial charge in [-0.2, -0.15) is 0 Å². The molecular formula is C9H9FN4OS. The van der Waals surface area contributed by atoms with Crippen molar-refractivity contribution < 1.29 is 9.50 Å². The summed E-state index contributed by atoms with van der Waals surface area (Å²) in [6, 6.07) is 4.61. The lowest BCUT2D eigenvalue weighted by Gasteiger charge is -2.06. The Morgan fingerprint density at radius 1 is 1.50 bits per heavy atom. The van der Waals surface area contributed by atoms with Gasteiger partial charge in [0.25, 0.3) is 0 Å². The van der Waals surface area contributed by atoms with Crippen LogP contribution in [0.3, 0.4) is 0 Å². The maximum atomic E-state index is 13.3. The number of nitrogens with zero attached hydrogens (tertiary/aromatic N) is 4. The van der Waals surface area contributed by atoms with Gasteiger partial charge in [-0.3, -0.25) is 0 Å². The Morgan fingerprint density at radius 3 is 2.94 bits per heavy atom. The van der Waals surface area contributed by atoms with Gasteiger partial charge in [0, 0.05) is 17.5 Å². The van der Waals surface area contributed by atoms with Crippen LogP contribution in [0.1, 0.15) is 5.56 Å². The van der Waals surface area contributed by atoms with E-state index in [1.165, 1.54) is 22.5 Å². The lowest BCUT2D eigenvalue weighted by atomic mass is 10.2. The van der Waals surface area contributed by atoms with Gasteiger partial charge in [0.15, 0.2) is 0 Å². The molecule has 0 amide bonds. The van der Waals surface area contributed by atoms with E-state index in [1.807, 2.05) is 0 Å². The van der Waals surface area contributed by atoms with E-state index < -0.39 is 5.82 Å². The molecule has 2 rings (SSSR count). The van der Waals surface area contributed by atoms with Crippen molar-refractivity contribution in [3.05, 3.63) is 29.6 Å². The molecule has 1 N–H and O–H groups in total. The highest BCUT2D eigenvalue weighted by molar-refractivity contribution is 7.99. The maximum absolute atomic E-state index is 13.3. The molecule has 0 spiro atoms. The number of tetrazole rings is 1. The zero-order valence-electron chi connectivity index (χ0n) is 8.46. The van der Waals surface area contributed by atoms with Gasteiger partial charge in [0.2, 0.25) is 5.16 Å². The highest BCUT2D eigenvalue weighted by atomic mass is 32.2. The molecule has 16 heavy (non-hydrogen) atoms. The highest BCUT2D eigenvalue weighted by Gasteiger charge is 2.11. The van der Waals surface area contributed by atoms with Crippen LogP contribution in [-0.2, 0) is 13.7 Å². The molecule has 0 aliphatic carbocycles. The normalized spacial score (nSPS) is 10.7. The molecule has 84 valence electrons. The van der Waals surface area contributed by atoms with Gasteiger partial charge in [-0.05, 0) is 34.3 Å². The lowest BCUT2D eigenvalue weighted by molar-refractivity contribution is 0.272. The van der Waals surface area contributed by atoms with E-state index in [9.17, 15) is 4.39 Å². The van der Waals surface area contributed by atoms with E-state index in [4.69, 9.17) is 5.11 Å². The fourth-order valence-electron chi connectivity index (χ4n) is 1.19. The molecule has 0 aliphatic rings. The number of rotatable bonds is 3. The summed E-state index contributed by atoms with van der Waals surface area (Å²) in [6.45, 7) is -0.347. The number of hydrogen-bond donors (Lipinski definition) is 1. The van der Waals surface area contributed by atoms with Crippen molar-refractivity contribution in [2.75, 3.05) is 0 Å². The summed E-state index contributed by atoms with van der Waals surface area (Å²) >= 11 is 1.21. The second-order valence-corrected chi connectivity index (χ2v) is 4.07. The zero-order valence-corrected chi connectivity index (χ0v) is 9.28. The third kappa shape index (κ3) is 2.05. The molecular weight excluding hydrogens is 231 g/mol. The number of aryl methyl sites for hydroxylation is 1. The molecule has 1 heterocycles. The van der Waals surface area contributed by atoms with E-state index in [0.717, 1.165) is 0 Å². The van der Waals surface area contributed by atoms with Crippen LogP contribution in [0.5, 0.6) is 0 Å². The van der Waals surface area contributed by atoms with Crippen molar-refractivity contribution in [1.29, 1.82) is 0 Å². The number of aliphatic hydroxyl groups excluding tert-OH is 1. The van der Waals surface area contributed by atoms with Crippen LogP contribution in [0.15, 0.2) is 28.3 Å².